The lowest BCUT2D eigenvalue weighted by Gasteiger charge is -2.25. The maximum absolute atomic E-state index is 10.9. The molecule has 0 fully saturated rings. The van der Waals surface area contributed by atoms with E-state index in [4.69, 9.17) is 15.4 Å². The molecule has 0 aromatic heterocycles. The predicted molar refractivity (Wildman–Crippen MR) is 54.5 cm³/mol. The van der Waals surface area contributed by atoms with E-state index in [2.05, 4.69) is 15.3 Å². The summed E-state index contributed by atoms with van der Waals surface area (Å²) in [6.45, 7) is 2.45. The molecule has 0 heterocycles. The van der Waals surface area contributed by atoms with Gasteiger partial charge in [0.15, 0.2) is 0 Å². The van der Waals surface area contributed by atoms with E-state index in [1.807, 2.05) is 0 Å². The van der Waals surface area contributed by atoms with Crippen LogP contribution >= 0.6 is 0 Å². The molecular formula is C8H16N4O3. The van der Waals surface area contributed by atoms with Gasteiger partial charge in [-0.3, -0.25) is 4.79 Å². The van der Waals surface area contributed by atoms with Gasteiger partial charge in [0.1, 0.15) is 5.54 Å². The Bertz CT molecular complexity index is 252. The molecule has 1 unspecified atom stereocenters. The first-order valence-electron chi connectivity index (χ1n) is 4.55. The SMILES string of the molecule is COCC(C)(NCCCN=[N+]=[N-])C(=O)O. The van der Waals surface area contributed by atoms with Crippen LogP contribution in [0.3, 0.4) is 0 Å². The number of rotatable bonds is 8. The van der Waals surface area contributed by atoms with Gasteiger partial charge in [0, 0.05) is 18.6 Å². The summed E-state index contributed by atoms with van der Waals surface area (Å²) in [5.74, 6) is -0.965. The Kier molecular flexibility index (Phi) is 6.44. The second-order valence-electron chi connectivity index (χ2n) is 3.31. The average molecular weight is 216 g/mol. The van der Waals surface area contributed by atoms with E-state index >= 15 is 0 Å². The molecule has 0 rings (SSSR count). The predicted octanol–water partition coefficient (Wildman–Crippen LogP) is 0.766. The molecule has 1 atom stereocenters. The molecule has 0 aliphatic carbocycles. The van der Waals surface area contributed by atoms with E-state index in [0.29, 0.717) is 19.5 Å². The number of carboxylic acid groups (broad SMARTS) is 1. The minimum Gasteiger partial charge on any atom is -0.480 e. The molecule has 0 spiro atoms. The third kappa shape index (κ3) is 5.21. The normalized spacial score (nSPS) is 14.0. The van der Waals surface area contributed by atoms with Gasteiger partial charge in [-0.05, 0) is 25.4 Å². The molecule has 0 radical (unpaired) electrons. The highest BCUT2D eigenvalue weighted by Crippen LogP contribution is 2.04. The average Bonchev–Trinajstić information content (AvgIpc) is 2.18. The van der Waals surface area contributed by atoms with Crippen LogP contribution in [0.4, 0.5) is 0 Å². The Hall–Kier alpha value is -1.30. The molecule has 15 heavy (non-hydrogen) atoms. The van der Waals surface area contributed by atoms with E-state index < -0.39 is 11.5 Å². The zero-order valence-electron chi connectivity index (χ0n) is 8.93. The summed E-state index contributed by atoms with van der Waals surface area (Å²) >= 11 is 0. The van der Waals surface area contributed by atoms with Gasteiger partial charge in [0.05, 0.1) is 6.61 Å². The molecule has 7 heteroatoms. The van der Waals surface area contributed by atoms with Gasteiger partial charge in [-0.1, -0.05) is 5.11 Å². The van der Waals surface area contributed by atoms with E-state index in [-0.39, 0.29) is 6.61 Å². The minimum atomic E-state index is -1.09. The van der Waals surface area contributed by atoms with Gasteiger partial charge in [-0.15, -0.1) is 0 Å². The topological polar surface area (TPSA) is 107 Å². The summed E-state index contributed by atoms with van der Waals surface area (Å²) in [6.07, 6.45) is 0.594. The maximum atomic E-state index is 10.9. The molecule has 0 amide bonds. The van der Waals surface area contributed by atoms with Crippen LogP contribution in [-0.2, 0) is 9.53 Å². The molecule has 0 aliphatic heterocycles. The van der Waals surface area contributed by atoms with Crippen molar-refractivity contribution in [3.63, 3.8) is 0 Å². The number of hydrogen-bond acceptors (Lipinski definition) is 4. The number of nitrogens with one attached hydrogen (secondary N) is 1. The van der Waals surface area contributed by atoms with Crippen molar-refractivity contribution >= 4 is 5.97 Å². The summed E-state index contributed by atoms with van der Waals surface area (Å²) < 4.78 is 4.82. The highest BCUT2D eigenvalue weighted by Gasteiger charge is 2.32. The van der Waals surface area contributed by atoms with Crippen LogP contribution in [0.2, 0.25) is 0 Å². The summed E-state index contributed by atoms with van der Waals surface area (Å²) in [5.41, 5.74) is 6.93. The van der Waals surface area contributed by atoms with Crippen LogP contribution in [-0.4, -0.2) is 43.4 Å². The first kappa shape index (κ1) is 13.7. The first-order valence-corrected chi connectivity index (χ1v) is 4.55. The quantitative estimate of drug-likeness (QED) is 0.270. The molecule has 0 aliphatic rings. The summed E-state index contributed by atoms with van der Waals surface area (Å²) in [4.78, 5) is 13.5. The van der Waals surface area contributed by atoms with Crippen molar-refractivity contribution in [1.82, 2.24) is 5.32 Å². The van der Waals surface area contributed by atoms with Gasteiger partial charge >= 0.3 is 5.97 Å². The van der Waals surface area contributed by atoms with Crippen molar-refractivity contribution < 1.29 is 14.6 Å². The number of methoxy groups -OCH3 is 1. The second-order valence-corrected chi connectivity index (χ2v) is 3.31. The lowest BCUT2D eigenvalue weighted by molar-refractivity contribution is -0.146. The Morgan fingerprint density at radius 1 is 1.73 bits per heavy atom. The van der Waals surface area contributed by atoms with Crippen LogP contribution in [0.5, 0.6) is 0 Å². The largest absolute Gasteiger partial charge is 0.480 e. The summed E-state index contributed by atoms with van der Waals surface area (Å²) in [6, 6.07) is 0. The molecule has 0 saturated heterocycles. The van der Waals surface area contributed by atoms with Gasteiger partial charge in [0.2, 0.25) is 0 Å². The molecule has 86 valence electrons. The minimum absolute atomic E-state index is 0.0872. The summed E-state index contributed by atoms with van der Waals surface area (Å²) in [5, 5.41) is 15.1. The Morgan fingerprint density at radius 3 is 2.87 bits per heavy atom. The zero-order chi connectivity index (χ0) is 11.7. The smallest absolute Gasteiger partial charge is 0.326 e. The molecule has 7 nitrogen and oxygen atoms in total. The van der Waals surface area contributed by atoms with E-state index in [1.165, 1.54) is 7.11 Å². The van der Waals surface area contributed by atoms with Crippen molar-refractivity contribution in [3.8, 4) is 0 Å². The third-order valence-corrected chi connectivity index (χ3v) is 1.92. The van der Waals surface area contributed by atoms with Crippen molar-refractivity contribution in [2.24, 2.45) is 5.11 Å². The Balaban J connectivity index is 3.96. The van der Waals surface area contributed by atoms with Crippen molar-refractivity contribution in [1.29, 1.82) is 0 Å². The van der Waals surface area contributed by atoms with Gasteiger partial charge in [-0.2, -0.15) is 0 Å². The number of carbonyl (C=O) groups is 1. The van der Waals surface area contributed by atoms with Gasteiger partial charge in [-0.25, -0.2) is 0 Å². The number of aliphatic carboxylic acids is 1. The fourth-order valence-corrected chi connectivity index (χ4v) is 1.04. The van der Waals surface area contributed by atoms with Crippen molar-refractivity contribution in [3.05, 3.63) is 10.4 Å². The van der Waals surface area contributed by atoms with Gasteiger partial charge in [0.25, 0.3) is 0 Å². The van der Waals surface area contributed by atoms with Crippen LogP contribution in [0, 0.1) is 0 Å². The Morgan fingerprint density at radius 2 is 2.40 bits per heavy atom. The zero-order valence-corrected chi connectivity index (χ0v) is 8.93. The number of hydrogen-bond donors (Lipinski definition) is 2. The number of azide groups is 1. The van der Waals surface area contributed by atoms with Gasteiger partial charge < -0.3 is 15.2 Å². The lowest BCUT2D eigenvalue weighted by atomic mass is 10.0. The van der Waals surface area contributed by atoms with E-state index in [9.17, 15) is 4.79 Å². The van der Waals surface area contributed by atoms with E-state index in [1.54, 1.807) is 6.92 Å². The lowest BCUT2D eigenvalue weighted by Crippen LogP contribution is -2.53. The second kappa shape index (κ2) is 7.05. The van der Waals surface area contributed by atoms with Crippen LogP contribution < -0.4 is 5.32 Å². The number of carboxylic acids is 1. The molecule has 0 aromatic rings. The molecule has 2 N–H and O–H groups in total. The standard InChI is InChI=1S/C8H16N4O3/c1-8(6-15-2,7(13)14)10-4-3-5-11-12-9/h10H,3-6H2,1-2H3,(H,13,14). The van der Waals surface area contributed by atoms with Crippen LogP contribution in [0.25, 0.3) is 10.4 Å². The van der Waals surface area contributed by atoms with E-state index in [0.717, 1.165) is 0 Å². The molecule has 0 aromatic carbocycles. The molecular weight excluding hydrogens is 200 g/mol. The molecule has 0 saturated carbocycles. The monoisotopic (exact) mass is 216 g/mol. The highest BCUT2D eigenvalue weighted by molar-refractivity contribution is 5.78. The highest BCUT2D eigenvalue weighted by atomic mass is 16.5. The van der Waals surface area contributed by atoms with Crippen LogP contribution in [0.1, 0.15) is 13.3 Å². The van der Waals surface area contributed by atoms with Crippen molar-refractivity contribution in [2.75, 3.05) is 26.8 Å². The first-order chi connectivity index (χ1) is 7.06. The molecule has 0 bridgehead atoms. The van der Waals surface area contributed by atoms with Crippen molar-refractivity contribution in [2.45, 2.75) is 18.9 Å². The third-order valence-electron chi connectivity index (χ3n) is 1.92. The summed E-state index contributed by atoms with van der Waals surface area (Å²) in [7, 11) is 1.45. The number of ether oxygens (including phenoxy) is 1. The fourth-order valence-electron chi connectivity index (χ4n) is 1.04. The maximum Gasteiger partial charge on any atom is 0.326 e. The fraction of sp³-hybridized carbons (Fsp3) is 0.875. The Labute approximate surface area is 88.0 Å². The van der Waals surface area contributed by atoms with Crippen LogP contribution in [0.15, 0.2) is 5.11 Å². The number of nitrogens with zero attached hydrogens (tertiary/aromatic N) is 3.